The maximum absolute atomic E-state index is 11.9. The smallest absolute Gasteiger partial charge is 0.338 e. The zero-order chi connectivity index (χ0) is 12.5. The standard InChI is InChI=1S/C13H14O5/c14-9-6-16-12-10(7-17-11(9)12)18-13(15)8-4-2-1-3-5-8/h1-5,9-12,14H,6-7H2/t9-,10+,11?,12?/m0/s1. The van der Waals surface area contributed by atoms with Gasteiger partial charge in [0, 0.05) is 0 Å². The summed E-state index contributed by atoms with van der Waals surface area (Å²) in [7, 11) is 0. The molecule has 0 aromatic heterocycles. The van der Waals surface area contributed by atoms with Crippen molar-refractivity contribution in [3.8, 4) is 0 Å². The number of esters is 1. The Labute approximate surface area is 104 Å². The number of ether oxygens (including phenoxy) is 3. The van der Waals surface area contributed by atoms with E-state index in [0.717, 1.165) is 0 Å². The van der Waals surface area contributed by atoms with Crippen LogP contribution >= 0.6 is 0 Å². The first-order valence-electron chi connectivity index (χ1n) is 5.93. The molecule has 0 spiro atoms. The van der Waals surface area contributed by atoms with Gasteiger partial charge in [-0.3, -0.25) is 0 Å². The molecule has 0 bridgehead atoms. The Bertz CT molecular complexity index is 432. The van der Waals surface area contributed by atoms with Crippen LogP contribution in [0, 0.1) is 0 Å². The highest BCUT2D eigenvalue weighted by Gasteiger charge is 2.48. The molecule has 0 radical (unpaired) electrons. The summed E-state index contributed by atoms with van der Waals surface area (Å²) in [5.74, 6) is -0.394. The van der Waals surface area contributed by atoms with E-state index in [2.05, 4.69) is 0 Å². The van der Waals surface area contributed by atoms with Gasteiger partial charge in [0.25, 0.3) is 0 Å². The van der Waals surface area contributed by atoms with Crippen LogP contribution in [0.15, 0.2) is 30.3 Å². The number of carbonyl (C=O) groups excluding carboxylic acids is 1. The van der Waals surface area contributed by atoms with Gasteiger partial charge in [-0.2, -0.15) is 0 Å². The Balaban J connectivity index is 1.66. The van der Waals surface area contributed by atoms with E-state index in [4.69, 9.17) is 14.2 Å². The van der Waals surface area contributed by atoms with E-state index in [-0.39, 0.29) is 25.4 Å². The van der Waals surface area contributed by atoms with Gasteiger partial charge in [0.05, 0.1) is 18.8 Å². The predicted molar refractivity (Wildman–Crippen MR) is 61.1 cm³/mol. The third kappa shape index (κ3) is 2.01. The molecule has 0 amide bonds. The molecule has 4 atom stereocenters. The van der Waals surface area contributed by atoms with Gasteiger partial charge in [0.2, 0.25) is 0 Å². The van der Waals surface area contributed by atoms with Gasteiger partial charge in [-0.15, -0.1) is 0 Å². The van der Waals surface area contributed by atoms with Crippen LogP contribution in [0.5, 0.6) is 0 Å². The molecule has 2 heterocycles. The van der Waals surface area contributed by atoms with Crippen molar-refractivity contribution < 1.29 is 24.1 Å². The van der Waals surface area contributed by atoms with Crippen LogP contribution in [0.25, 0.3) is 0 Å². The van der Waals surface area contributed by atoms with Crippen LogP contribution in [0.3, 0.4) is 0 Å². The zero-order valence-corrected chi connectivity index (χ0v) is 9.69. The lowest BCUT2D eigenvalue weighted by molar-refractivity contribution is -0.0209. The Hall–Kier alpha value is -1.43. The molecule has 2 aliphatic heterocycles. The van der Waals surface area contributed by atoms with Crippen LogP contribution in [0.4, 0.5) is 0 Å². The second-order valence-electron chi connectivity index (χ2n) is 4.47. The fourth-order valence-electron chi connectivity index (χ4n) is 2.32. The van der Waals surface area contributed by atoms with Crippen molar-refractivity contribution in [2.24, 2.45) is 0 Å². The summed E-state index contributed by atoms with van der Waals surface area (Å²) in [4.78, 5) is 11.9. The summed E-state index contributed by atoms with van der Waals surface area (Å²) in [5, 5.41) is 9.58. The van der Waals surface area contributed by atoms with Crippen molar-refractivity contribution >= 4 is 5.97 Å². The summed E-state index contributed by atoms with van der Waals surface area (Å²) < 4.78 is 16.1. The molecule has 2 saturated heterocycles. The Morgan fingerprint density at radius 1 is 1.17 bits per heavy atom. The molecule has 1 aromatic carbocycles. The van der Waals surface area contributed by atoms with Crippen LogP contribution in [0.1, 0.15) is 10.4 Å². The molecule has 5 nitrogen and oxygen atoms in total. The van der Waals surface area contributed by atoms with Gasteiger partial charge in [-0.1, -0.05) is 18.2 Å². The average molecular weight is 250 g/mol. The van der Waals surface area contributed by atoms with E-state index in [1.807, 2.05) is 6.07 Å². The molecule has 2 fully saturated rings. The molecule has 2 aliphatic rings. The fourth-order valence-corrected chi connectivity index (χ4v) is 2.32. The molecule has 18 heavy (non-hydrogen) atoms. The number of fused-ring (bicyclic) bond motifs is 1. The molecule has 1 aromatic rings. The van der Waals surface area contributed by atoms with Crippen LogP contribution < -0.4 is 0 Å². The number of hydrogen-bond acceptors (Lipinski definition) is 5. The highest BCUT2D eigenvalue weighted by molar-refractivity contribution is 5.89. The monoisotopic (exact) mass is 250 g/mol. The molecule has 1 N–H and O–H groups in total. The number of hydrogen-bond donors (Lipinski definition) is 1. The largest absolute Gasteiger partial charge is 0.453 e. The van der Waals surface area contributed by atoms with E-state index in [9.17, 15) is 9.90 Å². The highest BCUT2D eigenvalue weighted by Crippen LogP contribution is 2.29. The van der Waals surface area contributed by atoms with Gasteiger partial charge in [0.1, 0.15) is 18.3 Å². The van der Waals surface area contributed by atoms with Crippen molar-refractivity contribution in [2.75, 3.05) is 13.2 Å². The minimum absolute atomic E-state index is 0.231. The summed E-state index contributed by atoms with van der Waals surface area (Å²) in [5.41, 5.74) is 0.500. The van der Waals surface area contributed by atoms with Gasteiger partial charge in [-0.05, 0) is 12.1 Å². The van der Waals surface area contributed by atoms with E-state index < -0.39 is 18.2 Å². The van der Waals surface area contributed by atoms with E-state index in [0.29, 0.717) is 5.56 Å². The number of rotatable bonds is 2. The van der Waals surface area contributed by atoms with Crippen molar-refractivity contribution in [3.05, 3.63) is 35.9 Å². The minimum atomic E-state index is -0.629. The second-order valence-corrected chi connectivity index (χ2v) is 4.47. The molecule has 96 valence electrons. The summed E-state index contributed by atoms with van der Waals surface area (Å²) in [6.45, 7) is 0.500. The van der Waals surface area contributed by atoms with Crippen LogP contribution in [-0.2, 0) is 14.2 Å². The van der Waals surface area contributed by atoms with Crippen molar-refractivity contribution in [3.63, 3.8) is 0 Å². The van der Waals surface area contributed by atoms with Crippen molar-refractivity contribution in [1.29, 1.82) is 0 Å². The number of aliphatic hydroxyl groups is 1. The number of carbonyl (C=O) groups is 1. The van der Waals surface area contributed by atoms with Crippen molar-refractivity contribution in [1.82, 2.24) is 0 Å². The van der Waals surface area contributed by atoms with Gasteiger partial charge < -0.3 is 19.3 Å². The number of aliphatic hydroxyl groups excluding tert-OH is 1. The Morgan fingerprint density at radius 3 is 2.67 bits per heavy atom. The van der Waals surface area contributed by atoms with E-state index in [1.165, 1.54) is 0 Å². The minimum Gasteiger partial charge on any atom is -0.453 e. The van der Waals surface area contributed by atoms with Gasteiger partial charge in [0.15, 0.2) is 6.10 Å². The van der Waals surface area contributed by atoms with E-state index >= 15 is 0 Å². The first-order chi connectivity index (χ1) is 8.75. The molecule has 5 heteroatoms. The highest BCUT2D eigenvalue weighted by atomic mass is 16.6. The molecular formula is C13H14O5. The summed E-state index contributed by atoms with van der Waals surface area (Å²) >= 11 is 0. The van der Waals surface area contributed by atoms with Crippen LogP contribution in [-0.4, -0.2) is 48.7 Å². The van der Waals surface area contributed by atoms with Crippen molar-refractivity contribution in [2.45, 2.75) is 24.4 Å². The summed E-state index contributed by atoms with van der Waals surface area (Å²) in [6.07, 6.45) is -1.80. The first kappa shape index (κ1) is 11.6. The fraction of sp³-hybridized carbons (Fsp3) is 0.462. The van der Waals surface area contributed by atoms with Gasteiger partial charge >= 0.3 is 5.97 Å². The maximum Gasteiger partial charge on any atom is 0.338 e. The SMILES string of the molecule is O=C(O[C@@H]1COC2C1OC[C@@H]2O)c1ccccc1. The van der Waals surface area contributed by atoms with E-state index in [1.54, 1.807) is 24.3 Å². The lowest BCUT2D eigenvalue weighted by Gasteiger charge is -2.16. The average Bonchev–Trinajstić information content (AvgIpc) is 2.95. The normalized spacial score (nSPS) is 34.3. The second kappa shape index (κ2) is 4.68. The molecule has 0 aliphatic carbocycles. The molecule has 0 saturated carbocycles. The predicted octanol–water partition coefficient (Wildman–Crippen LogP) is 0.370. The number of benzene rings is 1. The molecule has 3 rings (SSSR count). The zero-order valence-electron chi connectivity index (χ0n) is 9.69. The lowest BCUT2D eigenvalue weighted by Crippen LogP contribution is -2.34. The Kier molecular flexibility index (Phi) is 3.03. The van der Waals surface area contributed by atoms with Crippen LogP contribution in [0.2, 0.25) is 0 Å². The summed E-state index contributed by atoms with van der Waals surface area (Å²) in [6, 6.07) is 8.78. The van der Waals surface area contributed by atoms with Gasteiger partial charge in [-0.25, -0.2) is 4.79 Å². The molecule has 2 unspecified atom stereocenters. The lowest BCUT2D eigenvalue weighted by atomic mass is 10.1. The molecular weight excluding hydrogens is 236 g/mol. The maximum atomic E-state index is 11.9. The topological polar surface area (TPSA) is 65.0 Å². The Morgan fingerprint density at radius 2 is 1.89 bits per heavy atom. The third-order valence-electron chi connectivity index (χ3n) is 3.25. The third-order valence-corrected chi connectivity index (χ3v) is 3.25. The first-order valence-corrected chi connectivity index (χ1v) is 5.93. The quantitative estimate of drug-likeness (QED) is 0.768.